The van der Waals surface area contributed by atoms with Crippen LogP contribution in [-0.4, -0.2) is 158 Å². The van der Waals surface area contributed by atoms with Gasteiger partial charge in [-0.2, -0.15) is 4.99 Å². The molecule has 0 aromatic heterocycles. The van der Waals surface area contributed by atoms with Crippen molar-refractivity contribution in [2.75, 3.05) is 79.1 Å². The normalized spacial score (nSPS) is 23.4. The highest BCUT2D eigenvalue weighted by Gasteiger charge is 2.47. The molecule has 0 aromatic carbocycles. The highest BCUT2D eigenvalue weighted by Crippen LogP contribution is 2.30. The number of unbranched alkanes of at least 4 members (excludes halogenated alkanes) is 2. The number of hydrogen-bond acceptors (Lipinski definition) is 14. The molecule has 0 aromatic rings. The largest absolute Gasteiger partial charge is 0.695 e. The van der Waals surface area contributed by atoms with E-state index in [0.29, 0.717) is 90.9 Å². The van der Waals surface area contributed by atoms with Gasteiger partial charge in [-0.25, -0.2) is 4.79 Å². The molecule has 5 amide bonds. The van der Waals surface area contributed by atoms with Crippen LogP contribution in [0.5, 0.6) is 0 Å². The summed E-state index contributed by atoms with van der Waals surface area (Å²) in [6, 6.07) is -0.408. The number of hydrogen-bond donors (Lipinski definition) is 8. The predicted molar refractivity (Wildman–Crippen MR) is 202 cm³/mol. The Hall–Kier alpha value is -2.85. The first-order valence-corrected chi connectivity index (χ1v) is 21.3. The topological polar surface area (TPSA) is 316 Å². The Morgan fingerprint density at radius 3 is 2.09 bits per heavy atom. The summed E-state index contributed by atoms with van der Waals surface area (Å²) in [4.78, 5) is 76.2. The van der Waals surface area contributed by atoms with E-state index in [9.17, 15) is 28.8 Å². The molecule has 22 nitrogen and oxygen atoms in total. The standard InChI is InChI=1S/C33H57N6O13P.HO3P/c1-23-20-29(42)37-25(23)7-3-2-4-8-27(40)36-11-13-48-15-17-50-19-18-49-16-14-47-12-9-28(41)35-10-5-6-24-21-39(33(44)38-31(24)34)32-30(43)26(22-51-32)52-53(45)46;1-4(2)3/h23-26,30,32,43H,2-22H2,1H3,(H5-,34,35,36,37,38,40,41,42,44,45,46);(H-,1,2,3)/p+2/t23-,24?,25-,26+,30?,32-;/m1./s1. The number of amides is 5. The van der Waals surface area contributed by atoms with Gasteiger partial charge in [-0.05, 0) is 31.6 Å². The second kappa shape index (κ2) is 29.4. The monoisotopic (exact) mass is 858 g/mol. The van der Waals surface area contributed by atoms with E-state index in [-0.39, 0.29) is 61.7 Å². The molecule has 0 bridgehead atoms. The van der Waals surface area contributed by atoms with Gasteiger partial charge in [0.05, 0.1) is 59.5 Å². The molecule has 0 aliphatic carbocycles. The lowest BCUT2D eigenvalue weighted by atomic mass is 9.97. The molecule has 0 radical (unpaired) electrons. The summed E-state index contributed by atoms with van der Waals surface area (Å²) in [5.41, 5.74) is 5.97. The SMILES string of the molecule is C[C@@H]1CC(=O)N[C@@H]1CCCCCC(=O)NCCOCCOCCOCCOCCC(=O)NCCCC1CN([C@@H]2OC[C@H](O[P+](=O)O)C2O)C(=O)N=C1N.O=[P+](O)O. The van der Waals surface area contributed by atoms with Crippen molar-refractivity contribution in [3.05, 3.63) is 0 Å². The molecule has 3 rings (SSSR count). The van der Waals surface area contributed by atoms with Crippen LogP contribution in [0.1, 0.15) is 64.7 Å². The van der Waals surface area contributed by atoms with Crippen molar-refractivity contribution in [2.45, 2.75) is 89.2 Å². The van der Waals surface area contributed by atoms with Gasteiger partial charge in [0, 0.05) is 60.0 Å². The maximum Gasteiger partial charge on any atom is 0.695 e. The number of aliphatic imine (C=N–C) groups is 1. The molecule has 2 fully saturated rings. The molecule has 57 heavy (non-hydrogen) atoms. The van der Waals surface area contributed by atoms with E-state index in [1.54, 1.807) is 0 Å². The third kappa shape index (κ3) is 22.2. The molecule has 24 heteroatoms. The van der Waals surface area contributed by atoms with Gasteiger partial charge in [0.15, 0.2) is 12.3 Å². The molecule has 7 atom stereocenters. The van der Waals surface area contributed by atoms with Crippen LogP contribution in [0.15, 0.2) is 4.99 Å². The van der Waals surface area contributed by atoms with Crippen LogP contribution < -0.4 is 21.7 Å². The number of urea groups is 1. The van der Waals surface area contributed by atoms with Crippen molar-refractivity contribution in [3.63, 3.8) is 0 Å². The summed E-state index contributed by atoms with van der Waals surface area (Å²) in [6.07, 6.45) is 2.67. The Balaban J connectivity index is 0.00000267. The van der Waals surface area contributed by atoms with Gasteiger partial charge in [0.1, 0.15) is 11.9 Å². The first-order chi connectivity index (χ1) is 27.3. The summed E-state index contributed by atoms with van der Waals surface area (Å²) in [5, 5.41) is 19.1. The fraction of sp³-hybridized carbons (Fsp3) is 0.848. The molecule has 9 N–H and O–H groups in total. The average Bonchev–Trinajstić information content (AvgIpc) is 3.66. The Kier molecular flexibility index (Phi) is 25.9. The number of nitrogens with one attached hydrogen (secondary N) is 3. The number of carbonyl (C=O) groups is 4. The molecule has 2 saturated heterocycles. The molecule has 0 spiro atoms. The van der Waals surface area contributed by atoms with Crippen LogP contribution in [0.3, 0.4) is 0 Å². The van der Waals surface area contributed by atoms with E-state index >= 15 is 0 Å². The van der Waals surface area contributed by atoms with Crippen molar-refractivity contribution in [2.24, 2.45) is 22.6 Å². The first-order valence-electron chi connectivity index (χ1n) is 19.0. The number of amidine groups is 1. The second-order valence-corrected chi connectivity index (χ2v) is 14.7. The van der Waals surface area contributed by atoms with E-state index in [2.05, 4.69) is 27.9 Å². The molecular formula is C33H60N6O16P2+2. The van der Waals surface area contributed by atoms with Crippen LogP contribution in [0, 0.1) is 11.8 Å². The number of nitrogens with zero attached hydrogens (tertiary/aromatic N) is 2. The lowest BCUT2D eigenvalue weighted by Gasteiger charge is -2.34. The minimum atomic E-state index is -2.94. The highest BCUT2D eigenvalue weighted by atomic mass is 31.1. The molecule has 3 aliphatic heterocycles. The van der Waals surface area contributed by atoms with Crippen LogP contribution >= 0.6 is 16.5 Å². The smallest absolute Gasteiger partial charge is 0.387 e. The quantitative estimate of drug-likeness (QED) is 0.0371. The van der Waals surface area contributed by atoms with Crippen LogP contribution in [0.2, 0.25) is 0 Å². The van der Waals surface area contributed by atoms with E-state index in [0.717, 1.165) is 25.7 Å². The molecule has 3 aliphatic rings. The number of nitrogens with two attached hydrogens (primary N) is 1. The second-order valence-electron chi connectivity index (χ2n) is 13.5. The molecular weight excluding hydrogens is 798 g/mol. The third-order valence-corrected chi connectivity index (χ3v) is 9.56. The van der Waals surface area contributed by atoms with Crippen molar-refractivity contribution >= 4 is 46.1 Å². The fourth-order valence-corrected chi connectivity index (χ4v) is 6.57. The number of rotatable bonds is 28. The van der Waals surface area contributed by atoms with Gasteiger partial charge in [-0.1, -0.05) is 19.8 Å². The fourth-order valence-electron chi connectivity index (χ4n) is 6.15. The lowest BCUT2D eigenvalue weighted by molar-refractivity contribution is -0.122. The van der Waals surface area contributed by atoms with Gasteiger partial charge in [0.2, 0.25) is 17.7 Å². The van der Waals surface area contributed by atoms with Gasteiger partial charge in [0.25, 0.3) is 0 Å². The van der Waals surface area contributed by atoms with Gasteiger partial charge in [-0.3, -0.25) is 19.3 Å². The Morgan fingerprint density at radius 2 is 1.47 bits per heavy atom. The maximum absolute atomic E-state index is 12.4. The summed E-state index contributed by atoms with van der Waals surface area (Å²) < 4.78 is 51.7. The molecule has 326 valence electrons. The zero-order valence-corrected chi connectivity index (χ0v) is 34.2. The lowest BCUT2D eigenvalue weighted by Crippen LogP contribution is -2.53. The van der Waals surface area contributed by atoms with Crippen LogP contribution in [0.25, 0.3) is 0 Å². The summed E-state index contributed by atoms with van der Waals surface area (Å²) in [7, 11) is -5.81. The van der Waals surface area contributed by atoms with Crippen molar-refractivity contribution in [1.82, 2.24) is 20.9 Å². The van der Waals surface area contributed by atoms with E-state index in [1.807, 2.05) is 0 Å². The number of aliphatic hydroxyl groups excluding tert-OH is 1. The molecule has 3 unspecified atom stereocenters. The Morgan fingerprint density at radius 1 is 0.877 bits per heavy atom. The summed E-state index contributed by atoms with van der Waals surface area (Å²) in [6.45, 7) is 5.88. The zero-order chi connectivity index (χ0) is 42.0. The van der Waals surface area contributed by atoms with E-state index < -0.39 is 41.0 Å². The first kappa shape index (κ1) is 50.3. The van der Waals surface area contributed by atoms with Crippen molar-refractivity contribution in [1.29, 1.82) is 0 Å². The van der Waals surface area contributed by atoms with Crippen LogP contribution in [-0.2, 0) is 51.7 Å². The van der Waals surface area contributed by atoms with Gasteiger partial charge >= 0.3 is 22.5 Å². The van der Waals surface area contributed by atoms with Gasteiger partial charge in [-0.15, -0.1) is 19.2 Å². The minimum absolute atomic E-state index is 0.0173. The van der Waals surface area contributed by atoms with Crippen molar-refractivity contribution < 1.29 is 76.3 Å². The average molecular weight is 859 g/mol. The maximum atomic E-state index is 12.4. The highest BCUT2D eigenvalue weighted by molar-refractivity contribution is 7.32. The number of aliphatic hydroxyl groups is 1. The Bertz CT molecular complexity index is 1300. The summed E-state index contributed by atoms with van der Waals surface area (Å²) >= 11 is 0. The van der Waals surface area contributed by atoms with E-state index in [1.165, 1.54) is 4.90 Å². The molecule has 0 saturated carbocycles. The zero-order valence-electron chi connectivity index (χ0n) is 32.4. The minimum Gasteiger partial charge on any atom is -0.387 e. The predicted octanol–water partition coefficient (Wildman–Crippen LogP) is -0.280. The molecule has 3 heterocycles. The van der Waals surface area contributed by atoms with E-state index in [4.69, 9.17) is 53.2 Å². The van der Waals surface area contributed by atoms with Crippen molar-refractivity contribution in [3.8, 4) is 0 Å². The van der Waals surface area contributed by atoms with Crippen LogP contribution in [0.4, 0.5) is 4.79 Å². The summed E-state index contributed by atoms with van der Waals surface area (Å²) in [5.74, 6) is 0.208. The third-order valence-electron chi connectivity index (χ3n) is 9.11. The Labute approximate surface area is 333 Å². The number of carbonyl (C=O) groups excluding carboxylic acids is 4. The number of ether oxygens (including phenoxy) is 5. The van der Waals surface area contributed by atoms with Gasteiger partial charge < -0.3 is 50.5 Å².